The number of nitrogens with zero attached hydrogens (tertiary/aromatic N) is 2. The summed E-state index contributed by atoms with van der Waals surface area (Å²) in [7, 11) is -2.49. The highest BCUT2D eigenvalue weighted by atomic mass is 79.9. The molecule has 1 aliphatic rings. The molecule has 2 aromatic carbocycles. The number of nitrogens with one attached hydrogen (secondary N) is 1. The lowest BCUT2D eigenvalue weighted by Crippen LogP contribution is -2.53. The highest BCUT2D eigenvalue weighted by Gasteiger charge is 2.32. The van der Waals surface area contributed by atoms with Gasteiger partial charge in [-0.15, -0.1) is 0 Å². The van der Waals surface area contributed by atoms with Crippen molar-refractivity contribution in [2.75, 3.05) is 24.2 Å². The number of sulfonamides is 1. The van der Waals surface area contributed by atoms with E-state index >= 15 is 0 Å². The van der Waals surface area contributed by atoms with Crippen LogP contribution in [0.4, 0.5) is 5.69 Å². The Morgan fingerprint density at radius 2 is 1.78 bits per heavy atom. The van der Waals surface area contributed by atoms with Crippen LogP contribution in [0.2, 0.25) is 5.02 Å². The van der Waals surface area contributed by atoms with Gasteiger partial charge in [-0.25, -0.2) is 8.42 Å². The first-order valence-corrected chi connectivity index (χ1v) is 15.2. The number of rotatable bonds is 10. The van der Waals surface area contributed by atoms with E-state index < -0.39 is 28.5 Å². The molecule has 11 heteroatoms. The summed E-state index contributed by atoms with van der Waals surface area (Å²) in [6, 6.07) is 11.2. The molecule has 1 saturated carbocycles. The Bertz CT molecular complexity index is 1200. The van der Waals surface area contributed by atoms with E-state index in [1.54, 1.807) is 19.1 Å². The normalized spacial score (nSPS) is 15.1. The minimum atomic E-state index is -3.90. The van der Waals surface area contributed by atoms with Crippen LogP contribution in [-0.4, -0.2) is 57.1 Å². The van der Waals surface area contributed by atoms with Crippen LogP contribution in [0.1, 0.15) is 44.6 Å². The molecule has 0 unspecified atom stereocenters. The molecular formula is C26H33BrClN3O5S. The molecule has 0 bridgehead atoms. The summed E-state index contributed by atoms with van der Waals surface area (Å²) < 4.78 is 32.8. The van der Waals surface area contributed by atoms with Gasteiger partial charge in [0, 0.05) is 22.1 Å². The minimum absolute atomic E-state index is 0.0802. The maximum absolute atomic E-state index is 13.7. The third-order valence-electron chi connectivity index (χ3n) is 6.47. The number of carbonyl (C=O) groups excluding carboxylic acids is 2. The average Bonchev–Trinajstić information content (AvgIpc) is 2.86. The van der Waals surface area contributed by atoms with E-state index in [1.807, 2.05) is 24.3 Å². The number of amides is 2. The van der Waals surface area contributed by atoms with E-state index in [-0.39, 0.29) is 29.9 Å². The first-order valence-electron chi connectivity index (χ1n) is 12.1. The Hall–Kier alpha value is -2.30. The number of hydrogen-bond acceptors (Lipinski definition) is 5. The summed E-state index contributed by atoms with van der Waals surface area (Å²) in [6.45, 7) is 1.28. The smallest absolute Gasteiger partial charge is 0.244 e. The standard InChI is InChI=1S/C26H33BrClN3O5S/c1-18(26(33)29-22-7-5-4-6-8-22)30(16-19-9-11-20(27)12-10-19)25(32)17-31(37(3,34)35)23-15-21(28)13-14-24(23)36-2/h9-15,18,22H,4-8,16-17H2,1-3H3,(H,29,33)/t18-/m1/s1. The highest BCUT2D eigenvalue weighted by molar-refractivity contribution is 9.10. The summed E-state index contributed by atoms with van der Waals surface area (Å²) in [6.07, 6.45) is 6.12. The fraction of sp³-hybridized carbons (Fsp3) is 0.462. The molecule has 0 spiro atoms. The average molecular weight is 615 g/mol. The molecule has 202 valence electrons. The second-order valence-corrected chi connectivity index (χ2v) is 12.5. The van der Waals surface area contributed by atoms with Crippen LogP contribution in [0, 0.1) is 0 Å². The summed E-state index contributed by atoms with van der Waals surface area (Å²) in [5.41, 5.74) is 0.953. The number of hydrogen-bond donors (Lipinski definition) is 1. The molecule has 0 saturated heterocycles. The number of ether oxygens (including phenoxy) is 1. The van der Waals surface area contributed by atoms with Crippen molar-refractivity contribution in [1.82, 2.24) is 10.2 Å². The van der Waals surface area contributed by atoms with Crippen molar-refractivity contribution in [1.29, 1.82) is 0 Å². The van der Waals surface area contributed by atoms with Crippen molar-refractivity contribution in [3.63, 3.8) is 0 Å². The second kappa shape index (κ2) is 13.0. The lowest BCUT2D eigenvalue weighted by molar-refractivity contribution is -0.139. The summed E-state index contributed by atoms with van der Waals surface area (Å²) >= 11 is 9.55. The van der Waals surface area contributed by atoms with Gasteiger partial charge in [-0.3, -0.25) is 13.9 Å². The first-order chi connectivity index (χ1) is 17.5. The van der Waals surface area contributed by atoms with E-state index in [9.17, 15) is 18.0 Å². The van der Waals surface area contributed by atoms with Crippen LogP contribution in [0.3, 0.4) is 0 Å². The molecular weight excluding hydrogens is 582 g/mol. The van der Waals surface area contributed by atoms with Gasteiger partial charge >= 0.3 is 0 Å². The van der Waals surface area contributed by atoms with E-state index in [1.165, 1.54) is 18.1 Å². The van der Waals surface area contributed by atoms with Crippen molar-refractivity contribution in [2.45, 2.75) is 57.7 Å². The Balaban J connectivity index is 1.91. The number of methoxy groups -OCH3 is 1. The Labute approximate surface area is 232 Å². The summed E-state index contributed by atoms with van der Waals surface area (Å²) in [4.78, 5) is 28.4. The molecule has 1 N–H and O–H groups in total. The van der Waals surface area contributed by atoms with Crippen LogP contribution in [0.15, 0.2) is 46.9 Å². The van der Waals surface area contributed by atoms with E-state index in [0.717, 1.165) is 52.7 Å². The Morgan fingerprint density at radius 1 is 1.14 bits per heavy atom. The summed E-state index contributed by atoms with van der Waals surface area (Å²) in [5, 5.41) is 3.38. The highest BCUT2D eigenvalue weighted by Crippen LogP contribution is 2.33. The van der Waals surface area contributed by atoms with Gasteiger partial charge in [0.05, 0.1) is 19.1 Å². The predicted molar refractivity (Wildman–Crippen MR) is 149 cm³/mol. The van der Waals surface area contributed by atoms with Crippen LogP contribution < -0.4 is 14.4 Å². The third-order valence-corrected chi connectivity index (χ3v) is 8.36. The van der Waals surface area contributed by atoms with E-state index in [0.29, 0.717) is 5.02 Å². The maximum atomic E-state index is 13.7. The zero-order valence-electron chi connectivity index (χ0n) is 21.2. The van der Waals surface area contributed by atoms with Crippen LogP contribution in [0.5, 0.6) is 5.75 Å². The third kappa shape index (κ3) is 8.09. The zero-order valence-corrected chi connectivity index (χ0v) is 24.4. The molecule has 0 aromatic heterocycles. The van der Waals surface area contributed by atoms with Crippen molar-refractivity contribution in [2.24, 2.45) is 0 Å². The second-order valence-electron chi connectivity index (χ2n) is 9.25. The molecule has 1 aliphatic carbocycles. The molecule has 0 heterocycles. The monoisotopic (exact) mass is 613 g/mol. The van der Waals surface area contributed by atoms with Gasteiger partial charge in [-0.2, -0.15) is 0 Å². The number of benzene rings is 2. The molecule has 2 aromatic rings. The predicted octanol–water partition coefficient (Wildman–Crippen LogP) is 4.74. The van der Waals surface area contributed by atoms with Gasteiger partial charge in [0.15, 0.2) is 0 Å². The molecule has 8 nitrogen and oxygen atoms in total. The van der Waals surface area contributed by atoms with Crippen molar-refractivity contribution in [3.05, 3.63) is 57.5 Å². The molecule has 1 fully saturated rings. The number of halogens is 2. The minimum Gasteiger partial charge on any atom is -0.495 e. The zero-order chi connectivity index (χ0) is 27.2. The van der Waals surface area contributed by atoms with Crippen LogP contribution >= 0.6 is 27.5 Å². The van der Waals surface area contributed by atoms with Crippen LogP contribution in [0.25, 0.3) is 0 Å². The van der Waals surface area contributed by atoms with Gasteiger partial charge in [0.1, 0.15) is 18.3 Å². The fourth-order valence-electron chi connectivity index (χ4n) is 4.39. The van der Waals surface area contributed by atoms with Crippen LogP contribution in [-0.2, 0) is 26.2 Å². The first kappa shape index (κ1) is 29.3. The molecule has 0 aliphatic heterocycles. The van der Waals surface area contributed by atoms with Gasteiger partial charge in [0.2, 0.25) is 21.8 Å². The van der Waals surface area contributed by atoms with Crippen molar-refractivity contribution in [3.8, 4) is 5.75 Å². The number of anilines is 1. The van der Waals surface area contributed by atoms with Gasteiger partial charge in [-0.1, -0.05) is 58.9 Å². The van der Waals surface area contributed by atoms with E-state index in [2.05, 4.69) is 21.2 Å². The Kier molecular flexibility index (Phi) is 10.3. The lowest BCUT2D eigenvalue weighted by atomic mass is 9.95. The Morgan fingerprint density at radius 3 is 2.38 bits per heavy atom. The van der Waals surface area contributed by atoms with Crippen molar-refractivity contribution >= 4 is 55.1 Å². The summed E-state index contributed by atoms with van der Waals surface area (Å²) in [5.74, 6) is -0.532. The van der Waals surface area contributed by atoms with Gasteiger partial charge in [-0.05, 0) is 55.7 Å². The quantitative estimate of drug-likeness (QED) is 0.417. The molecule has 0 radical (unpaired) electrons. The lowest BCUT2D eigenvalue weighted by Gasteiger charge is -2.33. The van der Waals surface area contributed by atoms with Crippen molar-refractivity contribution < 1.29 is 22.7 Å². The molecule has 2 amide bonds. The topological polar surface area (TPSA) is 96.0 Å². The SMILES string of the molecule is COc1ccc(Cl)cc1N(CC(=O)N(Cc1ccc(Br)cc1)[C@H](C)C(=O)NC1CCCCC1)S(C)(=O)=O. The van der Waals surface area contributed by atoms with E-state index in [4.69, 9.17) is 16.3 Å². The van der Waals surface area contributed by atoms with Gasteiger partial charge < -0.3 is 15.0 Å². The maximum Gasteiger partial charge on any atom is 0.244 e. The largest absolute Gasteiger partial charge is 0.495 e. The molecule has 3 rings (SSSR count). The molecule has 1 atom stereocenters. The number of carbonyl (C=O) groups is 2. The molecule has 37 heavy (non-hydrogen) atoms. The fourth-order valence-corrected chi connectivity index (χ4v) is 5.67. The van der Waals surface area contributed by atoms with Gasteiger partial charge in [0.25, 0.3) is 0 Å².